The van der Waals surface area contributed by atoms with Crippen LogP contribution in [0.25, 0.3) is 0 Å². The van der Waals surface area contributed by atoms with Gasteiger partial charge in [-0.3, -0.25) is 9.59 Å². The lowest BCUT2D eigenvalue weighted by Crippen LogP contribution is -2.39. The fourth-order valence-electron chi connectivity index (χ4n) is 2.98. The molecule has 6 heteroatoms. The van der Waals surface area contributed by atoms with Crippen LogP contribution in [0.1, 0.15) is 59.3 Å². The topological polar surface area (TPSA) is 73.9 Å². The van der Waals surface area contributed by atoms with E-state index in [1.54, 1.807) is 0 Å². The molecule has 0 unspecified atom stereocenters. The highest BCUT2D eigenvalue weighted by atomic mass is 16.5. The molecule has 1 N–H and O–H groups in total. The van der Waals surface area contributed by atoms with Gasteiger partial charge in [0.2, 0.25) is 5.91 Å². The number of amides is 1. The van der Waals surface area contributed by atoms with Crippen molar-refractivity contribution in [1.29, 1.82) is 0 Å². The van der Waals surface area contributed by atoms with Gasteiger partial charge in [0.15, 0.2) is 0 Å². The molecule has 0 aromatic rings. The van der Waals surface area contributed by atoms with E-state index in [1.807, 2.05) is 20.8 Å². The fraction of sp³-hybridized carbons (Fsp3) is 0.895. The van der Waals surface area contributed by atoms with E-state index in [0.29, 0.717) is 51.7 Å². The first-order valence-corrected chi connectivity index (χ1v) is 9.62. The highest BCUT2D eigenvalue weighted by Crippen LogP contribution is 2.25. The Balaban J connectivity index is 1.95. The van der Waals surface area contributed by atoms with Gasteiger partial charge in [-0.1, -0.05) is 6.92 Å². The molecular formula is C19H35NO5. The summed E-state index contributed by atoms with van der Waals surface area (Å²) >= 11 is 0. The molecule has 146 valence electrons. The third-order valence-electron chi connectivity index (χ3n) is 4.42. The van der Waals surface area contributed by atoms with Gasteiger partial charge < -0.3 is 19.5 Å². The van der Waals surface area contributed by atoms with Crippen molar-refractivity contribution in [3.05, 3.63) is 0 Å². The molecule has 1 rings (SSSR count). The van der Waals surface area contributed by atoms with Gasteiger partial charge in [0, 0.05) is 24.8 Å². The van der Waals surface area contributed by atoms with Gasteiger partial charge in [-0.15, -0.1) is 0 Å². The average Bonchev–Trinajstić information content (AvgIpc) is 2.60. The summed E-state index contributed by atoms with van der Waals surface area (Å²) in [5, 5.41) is 3.05. The maximum atomic E-state index is 11.9. The van der Waals surface area contributed by atoms with Crippen molar-refractivity contribution in [2.75, 3.05) is 33.0 Å². The van der Waals surface area contributed by atoms with Crippen LogP contribution in [-0.4, -0.2) is 56.9 Å². The molecule has 0 radical (unpaired) electrons. The van der Waals surface area contributed by atoms with E-state index in [9.17, 15) is 9.59 Å². The first-order chi connectivity index (χ1) is 12.0. The van der Waals surface area contributed by atoms with Crippen LogP contribution in [0.3, 0.4) is 0 Å². The summed E-state index contributed by atoms with van der Waals surface area (Å²) in [5.41, 5.74) is 0. The molecule has 0 saturated heterocycles. The minimum Gasteiger partial charge on any atom is -0.379 e. The first-order valence-electron chi connectivity index (χ1n) is 9.62. The molecular weight excluding hydrogens is 322 g/mol. The lowest BCUT2D eigenvalue weighted by atomic mass is 9.83. The van der Waals surface area contributed by atoms with Crippen LogP contribution < -0.4 is 5.32 Å². The molecule has 1 aliphatic rings. The highest BCUT2D eigenvalue weighted by molar-refractivity contribution is 5.80. The third-order valence-corrected chi connectivity index (χ3v) is 4.42. The summed E-state index contributed by atoms with van der Waals surface area (Å²) in [6, 6.07) is 0.206. The summed E-state index contributed by atoms with van der Waals surface area (Å²) in [4.78, 5) is 23.6. The molecule has 0 aliphatic heterocycles. The molecule has 1 amide bonds. The number of nitrogens with one attached hydrogen (secondary N) is 1. The summed E-state index contributed by atoms with van der Waals surface area (Å²) in [6.45, 7) is 8.45. The smallest absolute Gasteiger partial charge is 0.222 e. The number of carbonyl (C=O) groups excluding carboxylic acids is 2. The van der Waals surface area contributed by atoms with E-state index < -0.39 is 0 Å². The van der Waals surface area contributed by atoms with Gasteiger partial charge >= 0.3 is 0 Å². The summed E-state index contributed by atoms with van der Waals surface area (Å²) in [6.07, 6.45) is 4.79. The highest BCUT2D eigenvalue weighted by Gasteiger charge is 2.25. The quantitative estimate of drug-likeness (QED) is 0.513. The maximum absolute atomic E-state index is 11.9. The van der Waals surface area contributed by atoms with Gasteiger partial charge in [-0.05, 0) is 39.5 Å². The summed E-state index contributed by atoms with van der Waals surface area (Å²) < 4.78 is 16.1. The van der Waals surface area contributed by atoms with E-state index in [-0.39, 0.29) is 24.0 Å². The van der Waals surface area contributed by atoms with Crippen molar-refractivity contribution in [2.45, 2.75) is 71.4 Å². The van der Waals surface area contributed by atoms with Crippen LogP contribution in [-0.2, 0) is 23.8 Å². The van der Waals surface area contributed by atoms with Gasteiger partial charge in [0.05, 0.1) is 39.1 Å². The first kappa shape index (κ1) is 22.1. The SMILES string of the molecule is CCC(=O)C1CCC(NC(=O)CCOCCOCCOC(C)C)CC1. The molecule has 1 saturated carbocycles. The van der Waals surface area contributed by atoms with Crippen LogP contribution in [0, 0.1) is 5.92 Å². The molecule has 0 atom stereocenters. The number of ether oxygens (including phenoxy) is 3. The predicted molar refractivity (Wildman–Crippen MR) is 96.5 cm³/mol. The molecule has 0 spiro atoms. The standard InChI is InChI=1S/C19H35NO5/c1-4-18(21)16-5-7-17(8-6-16)20-19(22)9-10-23-11-12-24-13-14-25-15(2)3/h15-17H,4-14H2,1-3H3,(H,20,22). The number of Topliss-reactive ketones (excluding diaryl/α,β-unsaturated/α-hetero) is 1. The Morgan fingerprint density at radius 3 is 2.16 bits per heavy atom. The largest absolute Gasteiger partial charge is 0.379 e. The Labute approximate surface area is 152 Å². The van der Waals surface area contributed by atoms with E-state index in [2.05, 4.69) is 5.32 Å². The van der Waals surface area contributed by atoms with E-state index in [0.717, 1.165) is 25.7 Å². The number of ketones is 1. The van der Waals surface area contributed by atoms with Crippen LogP contribution in [0.15, 0.2) is 0 Å². The zero-order valence-corrected chi connectivity index (χ0v) is 16.1. The third kappa shape index (κ3) is 10.6. The molecule has 0 heterocycles. The Kier molecular flexibility index (Phi) is 11.7. The van der Waals surface area contributed by atoms with Crippen molar-refractivity contribution in [2.24, 2.45) is 5.92 Å². The summed E-state index contributed by atoms with van der Waals surface area (Å²) in [5.74, 6) is 0.583. The number of hydrogen-bond acceptors (Lipinski definition) is 5. The fourth-order valence-corrected chi connectivity index (χ4v) is 2.98. The second-order valence-corrected chi connectivity index (χ2v) is 6.83. The van der Waals surface area contributed by atoms with Gasteiger partial charge in [-0.25, -0.2) is 0 Å². The van der Waals surface area contributed by atoms with Gasteiger partial charge in [0.25, 0.3) is 0 Å². The molecule has 0 aromatic carbocycles. The van der Waals surface area contributed by atoms with Crippen molar-refractivity contribution in [1.82, 2.24) is 5.32 Å². The molecule has 0 aromatic heterocycles. The number of rotatable bonds is 13. The van der Waals surface area contributed by atoms with E-state index in [4.69, 9.17) is 14.2 Å². The number of hydrogen-bond donors (Lipinski definition) is 1. The van der Waals surface area contributed by atoms with Gasteiger partial charge in [-0.2, -0.15) is 0 Å². The Morgan fingerprint density at radius 1 is 0.960 bits per heavy atom. The maximum Gasteiger partial charge on any atom is 0.222 e. The zero-order valence-electron chi connectivity index (χ0n) is 16.1. The molecule has 6 nitrogen and oxygen atoms in total. The normalized spacial score (nSPS) is 20.6. The Morgan fingerprint density at radius 2 is 1.56 bits per heavy atom. The Hall–Kier alpha value is -0.980. The minimum atomic E-state index is 0.0246. The van der Waals surface area contributed by atoms with Crippen LogP contribution in [0.4, 0.5) is 0 Å². The summed E-state index contributed by atoms with van der Waals surface area (Å²) in [7, 11) is 0. The molecule has 25 heavy (non-hydrogen) atoms. The molecule has 0 bridgehead atoms. The van der Waals surface area contributed by atoms with Crippen LogP contribution in [0.5, 0.6) is 0 Å². The van der Waals surface area contributed by atoms with Crippen molar-refractivity contribution in [3.8, 4) is 0 Å². The molecule has 1 fully saturated rings. The predicted octanol–water partition coefficient (Wildman–Crippen LogP) is 2.49. The lowest BCUT2D eigenvalue weighted by Gasteiger charge is -2.28. The Bertz CT molecular complexity index is 378. The van der Waals surface area contributed by atoms with Crippen molar-refractivity contribution in [3.63, 3.8) is 0 Å². The minimum absolute atomic E-state index is 0.0246. The van der Waals surface area contributed by atoms with E-state index in [1.165, 1.54) is 0 Å². The van der Waals surface area contributed by atoms with E-state index >= 15 is 0 Å². The van der Waals surface area contributed by atoms with Crippen LogP contribution in [0.2, 0.25) is 0 Å². The average molecular weight is 357 g/mol. The second kappa shape index (κ2) is 13.3. The molecule has 1 aliphatic carbocycles. The monoisotopic (exact) mass is 357 g/mol. The zero-order chi connectivity index (χ0) is 18.5. The van der Waals surface area contributed by atoms with Crippen molar-refractivity contribution >= 4 is 11.7 Å². The van der Waals surface area contributed by atoms with Crippen LogP contribution >= 0.6 is 0 Å². The van der Waals surface area contributed by atoms with Gasteiger partial charge in [0.1, 0.15) is 5.78 Å². The lowest BCUT2D eigenvalue weighted by molar-refractivity contribution is -0.124. The number of carbonyl (C=O) groups is 2. The van der Waals surface area contributed by atoms with Crippen molar-refractivity contribution < 1.29 is 23.8 Å². The second-order valence-electron chi connectivity index (χ2n) is 6.83.